The molecule has 0 aliphatic heterocycles. The highest BCUT2D eigenvalue weighted by atomic mass is 16.4. The lowest BCUT2D eigenvalue weighted by Crippen LogP contribution is -2.22. The van der Waals surface area contributed by atoms with Crippen LogP contribution in [-0.4, -0.2) is 16.7 Å². The van der Waals surface area contributed by atoms with E-state index < -0.39 is 0 Å². The summed E-state index contributed by atoms with van der Waals surface area (Å²) in [6.45, 7) is 1.51. The molecule has 1 aliphatic rings. The first kappa shape index (κ1) is 15.2. The predicted molar refractivity (Wildman–Crippen MR) is 74.2 cm³/mol. The maximum atomic E-state index is 11.5. The summed E-state index contributed by atoms with van der Waals surface area (Å²) in [5.74, 6) is 0.0986. The molecule has 0 saturated heterocycles. The molecule has 3 nitrogen and oxygen atoms in total. The quantitative estimate of drug-likeness (QED) is 0.452. The molecule has 1 fully saturated rings. The zero-order valence-electron chi connectivity index (χ0n) is 11.7. The third kappa shape index (κ3) is 5.65. The summed E-state index contributed by atoms with van der Waals surface area (Å²) in [6.07, 6.45) is 13.5. The fourth-order valence-corrected chi connectivity index (χ4v) is 2.88. The zero-order valence-corrected chi connectivity index (χ0v) is 11.7. The smallest absolute Gasteiger partial charge is 0.177 e. The Hall–Kier alpha value is -0.860. The maximum absolute atomic E-state index is 11.5. The summed E-state index contributed by atoms with van der Waals surface area (Å²) in [6, 6.07) is 0. The largest absolute Gasteiger partial charge is 0.411 e. The SMILES string of the molecule is CC(=O)/C(=N\O)C1CCCCCCCCCCC1. The fourth-order valence-electron chi connectivity index (χ4n) is 2.88. The number of rotatable bonds is 2. The molecular weight excluding hydrogens is 226 g/mol. The van der Waals surface area contributed by atoms with Gasteiger partial charge in [0.2, 0.25) is 0 Å². The van der Waals surface area contributed by atoms with Crippen molar-refractivity contribution in [1.29, 1.82) is 0 Å². The minimum absolute atomic E-state index is 0.0744. The second-order valence-electron chi connectivity index (χ2n) is 5.50. The Kier molecular flexibility index (Phi) is 7.70. The van der Waals surface area contributed by atoms with Crippen molar-refractivity contribution in [3.8, 4) is 0 Å². The summed E-state index contributed by atoms with van der Waals surface area (Å²) in [5, 5.41) is 12.3. The Balaban J connectivity index is 2.53. The monoisotopic (exact) mass is 253 g/mol. The molecule has 0 amide bonds. The van der Waals surface area contributed by atoms with Gasteiger partial charge in [0.05, 0.1) is 0 Å². The van der Waals surface area contributed by atoms with E-state index in [0.717, 1.165) is 25.7 Å². The Morgan fingerprint density at radius 3 is 1.61 bits per heavy atom. The Labute approximate surface area is 111 Å². The van der Waals surface area contributed by atoms with Crippen molar-refractivity contribution in [1.82, 2.24) is 0 Å². The lowest BCUT2D eigenvalue weighted by molar-refractivity contribution is -0.111. The van der Waals surface area contributed by atoms with Crippen molar-refractivity contribution in [3.63, 3.8) is 0 Å². The standard InChI is InChI=1S/C15H27NO2/c1-13(17)15(16-18)14-11-9-7-5-3-2-4-6-8-10-12-14/h14,18H,2-12H2,1H3/b16-15+. The number of Topliss-reactive ketones (excluding diaryl/α,β-unsaturated/α-hetero) is 1. The van der Waals surface area contributed by atoms with E-state index in [1.165, 1.54) is 51.9 Å². The third-order valence-electron chi connectivity index (χ3n) is 3.96. The Morgan fingerprint density at radius 2 is 1.28 bits per heavy atom. The average Bonchev–Trinajstić information content (AvgIpc) is 2.32. The first-order valence-electron chi connectivity index (χ1n) is 7.48. The highest BCUT2D eigenvalue weighted by molar-refractivity contribution is 6.39. The van der Waals surface area contributed by atoms with Crippen molar-refractivity contribution in [2.75, 3.05) is 0 Å². The van der Waals surface area contributed by atoms with Gasteiger partial charge in [-0.05, 0) is 12.8 Å². The van der Waals surface area contributed by atoms with E-state index in [-0.39, 0.29) is 11.7 Å². The average molecular weight is 253 g/mol. The van der Waals surface area contributed by atoms with Crippen molar-refractivity contribution < 1.29 is 10.0 Å². The second kappa shape index (κ2) is 9.12. The number of carbonyl (C=O) groups is 1. The number of oxime groups is 1. The zero-order chi connectivity index (χ0) is 13.2. The van der Waals surface area contributed by atoms with Gasteiger partial charge in [-0.3, -0.25) is 4.79 Å². The van der Waals surface area contributed by atoms with E-state index in [0.29, 0.717) is 5.71 Å². The molecule has 0 heterocycles. The van der Waals surface area contributed by atoms with E-state index >= 15 is 0 Å². The van der Waals surface area contributed by atoms with Crippen molar-refractivity contribution in [2.24, 2.45) is 11.1 Å². The minimum atomic E-state index is -0.0744. The van der Waals surface area contributed by atoms with Crippen LogP contribution in [0.2, 0.25) is 0 Å². The number of nitrogens with zero attached hydrogens (tertiary/aromatic N) is 1. The number of hydrogen-bond donors (Lipinski definition) is 1. The van der Waals surface area contributed by atoms with Crippen LogP contribution in [0, 0.1) is 5.92 Å². The van der Waals surface area contributed by atoms with Gasteiger partial charge in [0.25, 0.3) is 0 Å². The Bertz CT molecular complexity index is 262. The molecule has 0 aromatic rings. The van der Waals surface area contributed by atoms with Crippen LogP contribution in [0.1, 0.15) is 77.6 Å². The first-order chi connectivity index (χ1) is 8.75. The number of ketones is 1. The molecule has 1 saturated carbocycles. The van der Waals surface area contributed by atoms with E-state index in [9.17, 15) is 4.79 Å². The Morgan fingerprint density at radius 1 is 0.889 bits per heavy atom. The van der Waals surface area contributed by atoms with Crippen molar-refractivity contribution >= 4 is 11.5 Å². The van der Waals surface area contributed by atoms with Crippen LogP contribution in [0.5, 0.6) is 0 Å². The summed E-state index contributed by atoms with van der Waals surface area (Å²) >= 11 is 0. The fraction of sp³-hybridized carbons (Fsp3) is 0.867. The molecule has 0 aromatic heterocycles. The van der Waals surface area contributed by atoms with Crippen LogP contribution in [-0.2, 0) is 4.79 Å². The molecule has 3 heteroatoms. The van der Waals surface area contributed by atoms with Gasteiger partial charge in [0.1, 0.15) is 5.71 Å². The minimum Gasteiger partial charge on any atom is -0.411 e. The molecule has 104 valence electrons. The molecule has 0 atom stereocenters. The third-order valence-corrected chi connectivity index (χ3v) is 3.96. The van der Waals surface area contributed by atoms with Crippen molar-refractivity contribution in [3.05, 3.63) is 0 Å². The van der Waals surface area contributed by atoms with Gasteiger partial charge in [-0.2, -0.15) is 0 Å². The van der Waals surface area contributed by atoms with E-state index in [1.807, 2.05) is 0 Å². The molecule has 1 N–H and O–H groups in total. The van der Waals surface area contributed by atoms with Gasteiger partial charge >= 0.3 is 0 Å². The van der Waals surface area contributed by atoms with E-state index in [4.69, 9.17) is 5.21 Å². The van der Waals surface area contributed by atoms with Gasteiger partial charge in [-0.1, -0.05) is 62.9 Å². The highest BCUT2D eigenvalue weighted by Gasteiger charge is 2.20. The molecule has 1 rings (SSSR count). The van der Waals surface area contributed by atoms with Gasteiger partial charge < -0.3 is 5.21 Å². The summed E-state index contributed by atoms with van der Waals surface area (Å²) in [7, 11) is 0. The highest BCUT2D eigenvalue weighted by Crippen LogP contribution is 2.22. The summed E-state index contributed by atoms with van der Waals surface area (Å²) in [5.41, 5.74) is 0.395. The van der Waals surface area contributed by atoms with Gasteiger partial charge in [-0.15, -0.1) is 0 Å². The van der Waals surface area contributed by atoms with Gasteiger partial charge in [-0.25, -0.2) is 0 Å². The maximum Gasteiger partial charge on any atom is 0.177 e. The lowest BCUT2D eigenvalue weighted by Gasteiger charge is -2.17. The normalized spacial score (nSPS) is 21.9. The number of carbonyl (C=O) groups excluding carboxylic acids is 1. The topological polar surface area (TPSA) is 49.7 Å². The lowest BCUT2D eigenvalue weighted by atomic mass is 9.88. The van der Waals surface area contributed by atoms with Crippen molar-refractivity contribution in [2.45, 2.75) is 77.6 Å². The summed E-state index contributed by atoms with van der Waals surface area (Å²) in [4.78, 5) is 11.5. The van der Waals surface area contributed by atoms with E-state index in [2.05, 4.69) is 5.16 Å². The molecule has 0 spiro atoms. The second-order valence-corrected chi connectivity index (χ2v) is 5.50. The van der Waals surface area contributed by atoms with Gasteiger partial charge in [0.15, 0.2) is 5.78 Å². The van der Waals surface area contributed by atoms with Crippen LogP contribution in [0.15, 0.2) is 5.16 Å². The van der Waals surface area contributed by atoms with Crippen LogP contribution in [0.3, 0.4) is 0 Å². The molecule has 0 radical (unpaired) electrons. The summed E-state index contributed by atoms with van der Waals surface area (Å²) < 4.78 is 0. The van der Waals surface area contributed by atoms with Crippen LogP contribution < -0.4 is 0 Å². The molecular formula is C15H27NO2. The number of hydrogen-bond acceptors (Lipinski definition) is 3. The molecule has 0 aromatic carbocycles. The van der Waals surface area contributed by atoms with Crippen LogP contribution in [0.4, 0.5) is 0 Å². The molecule has 0 unspecified atom stereocenters. The predicted octanol–water partition coefficient (Wildman–Crippen LogP) is 4.33. The van der Waals surface area contributed by atoms with Gasteiger partial charge in [0, 0.05) is 12.8 Å². The van der Waals surface area contributed by atoms with Crippen LogP contribution >= 0.6 is 0 Å². The molecule has 1 aliphatic carbocycles. The van der Waals surface area contributed by atoms with E-state index in [1.54, 1.807) is 0 Å². The molecule has 0 bridgehead atoms. The van der Waals surface area contributed by atoms with Crippen LogP contribution in [0.25, 0.3) is 0 Å². The first-order valence-corrected chi connectivity index (χ1v) is 7.48. The molecule has 18 heavy (non-hydrogen) atoms.